The molecule has 0 aromatic carbocycles. The molecule has 0 spiro atoms. The van der Waals surface area contributed by atoms with Crippen LogP contribution in [-0.2, 0) is 0 Å². The Bertz CT molecular complexity index is 132. The lowest BCUT2D eigenvalue weighted by molar-refractivity contribution is 0.289. The van der Waals surface area contributed by atoms with Crippen LogP contribution >= 0.6 is 0 Å². The van der Waals surface area contributed by atoms with Crippen molar-refractivity contribution in [3.8, 4) is 0 Å². The number of allylic oxidation sites excluding steroid dienone is 4. The Hall–Kier alpha value is -0.600. The number of unbranched alkanes of at least 4 members (excludes halogenated alkanes) is 3. The summed E-state index contributed by atoms with van der Waals surface area (Å²) in [6, 6.07) is 0. The minimum absolute atomic E-state index is 0.283. The number of hydrogen-bond acceptors (Lipinski definition) is 2. The van der Waals surface area contributed by atoms with Gasteiger partial charge >= 0.3 is 0 Å². The predicted octanol–water partition coefficient (Wildman–Crippen LogP) is 2.42. The molecule has 0 aliphatic heterocycles. The van der Waals surface area contributed by atoms with Gasteiger partial charge in [-0.2, -0.15) is 0 Å². The number of aliphatic hydroxyl groups is 2. The third kappa shape index (κ3) is 11.4. The highest BCUT2D eigenvalue weighted by molar-refractivity contribution is 4.87. The SMILES string of the molecule is OCCCC=CCCC=CCCCO. The molecule has 0 heterocycles. The molecule has 82 valence electrons. The van der Waals surface area contributed by atoms with Crippen LogP contribution in [0, 0.1) is 0 Å². The van der Waals surface area contributed by atoms with Crippen LogP contribution in [0.1, 0.15) is 38.5 Å². The fourth-order valence-electron chi connectivity index (χ4n) is 1.08. The fraction of sp³-hybridized carbons (Fsp3) is 0.667. The Kier molecular flexibility index (Phi) is 11.9. The van der Waals surface area contributed by atoms with Gasteiger partial charge in [-0.1, -0.05) is 24.3 Å². The minimum Gasteiger partial charge on any atom is -0.396 e. The highest BCUT2D eigenvalue weighted by Gasteiger charge is 1.81. The smallest absolute Gasteiger partial charge is 0.0433 e. The van der Waals surface area contributed by atoms with Crippen molar-refractivity contribution in [2.45, 2.75) is 38.5 Å². The van der Waals surface area contributed by atoms with E-state index < -0.39 is 0 Å². The monoisotopic (exact) mass is 198 g/mol. The van der Waals surface area contributed by atoms with Crippen LogP contribution < -0.4 is 0 Å². The van der Waals surface area contributed by atoms with Crippen molar-refractivity contribution >= 4 is 0 Å². The first-order valence-electron chi connectivity index (χ1n) is 5.43. The van der Waals surface area contributed by atoms with E-state index in [0.717, 1.165) is 38.5 Å². The lowest BCUT2D eigenvalue weighted by Gasteiger charge is -1.90. The summed E-state index contributed by atoms with van der Waals surface area (Å²) < 4.78 is 0. The molecule has 0 aliphatic rings. The van der Waals surface area contributed by atoms with Crippen LogP contribution in [0.5, 0.6) is 0 Å². The largest absolute Gasteiger partial charge is 0.396 e. The molecule has 0 aliphatic carbocycles. The Morgan fingerprint density at radius 1 is 0.571 bits per heavy atom. The molecule has 0 aromatic heterocycles. The van der Waals surface area contributed by atoms with Gasteiger partial charge < -0.3 is 10.2 Å². The van der Waals surface area contributed by atoms with E-state index in [2.05, 4.69) is 24.3 Å². The highest BCUT2D eigenvalue weighted by atomic mass is 16.3. The summed E-state index contributed by atoms with van der Waals surface area (Å²) in [7, 11) is 0. The zero-order chi connectivity index (χ0) is 10.5. The molecule has 2 N–H and O–H groups in total. The lowest BCUT2D eigenvalue weighted by Crippen LogP contribution is -1.78. The quantitative estimate of drug-likeness (QED) is 0.441. The molecule has 0 saturated carbocycles. The van der Waals surface area contributed by atoms with Gasteiger partial charge in [0.2, 0.25) is 0 Å². The summed E-state index contributed by atoms with van der Waals surface area (Å²) in [6.45, 7) is 0.566. The highest BCUT2D eigenvalue weighted by Crippen LogP contribution is 1.98. The first-order chi connectivity index (χ1) is 6.91. The molecule has 0 bridgehead atoms. The molecule has 2 heteroatoms. The minimum atomic E-state index is 0.283. The van der Waals surface area contributed by atoms with Gasteiger partial charge in [-0.3, -0.25) is 0 Å². The summed E-state index contributed by atoms with van der Waals surface area (Å²) >= 11 is 0. The maximum absolute atomic E-state index is 8.52. The predicted molar refractivity (Wildman–Crippen MR) is 60.2 cm³/mol. The summed E-state index contributed by atoms with van der Waals surface area (Å²) in [5.74, 6) is 0. The topological polar surface area (TPSA) is 40.5 Å². The molecule has 0 saturated heterocycles. The van der Waals surface area contributed by atoms with Crippen LogP contribution in [0.4, 0.5) is 0 Å². The Balaban J connectivity index is 3.11. The van der Waals surface area contributed by atoms with E-state index >= 15 is 0 Å². The summed E-state index contributed by atoms with van der Waals surface area (Å²) in [4.78, 5) is 0. The van der Waals surface area contributed by atoms with Crippen molar-refractivity contribution in [3.63, 3.8) is 0 Å². The Labute approximate surface area is 87.0 Å². The average Bonchev–Trinajstić information content (AvgIpc) is 2.21. The second-order valence-corrected chi connectivity index (χ2v) is 3.25. The van der Waals surface area contributed by atoms with Crippen LogP contribution in [0.25, 0.3) is 0 Å². The average molecular weight is 198 g/mol. The van der Waals surface area contributed by atoms with Gasteiger partial charge in [-0.25, -0.2) is 0 Å². The number of hydrogen-bond donors (Lipinski definition) is 2. The van der Waals surface area contributed by atoms with E-state index in [1.165, 1.54) is 0 Å². The first-order valence-corrected chi connectivity index (χ1v) is 5.43. The maximum atomic E-state index is 8.52. The van der Waals surface area contributed by atoms with Crippen molar-refractivity contribution < 1.29 is 10.2 Å². The van der Waals surface area contributed by atoms with Crippen LogP contribution in [0.2, 0.25) is 0 Å². The molecule has 14 heavy (non-hydrogen) atoms. The molecule has 0 amide bonds. The maximum Gasteiger partial charge on any atom is 0.0433 e. The number of rotatable bonds is 9. The normalized spacial score (nSPS) is 11.9. The molecule has 0 aromatic rings. The fourth-order valence-corrected chi connectivity index (χ4v) is 1.08. The molecular weight excluding hydrogens is 176 g/mol. The van der Waals surface area contributed by atoms with Crippen molar-refractivity contribution in [2.75, 3.05) is 13.2 Å². The third-order valence-corrected chi connectivity index (χ3v) is 1.89. The van der Waals surface area contributed by atoms with Crippen LogP contribution in [0.3, 0.4) is 0 Å². The van der Waals surface area contributed by atoms with Gasteiger partial charge in [-0.15, -0.1) is 0 Å². The zero-order valence-electron chi connectivity index (χ0n) is 8.86. The molecule has 2 nitrogen and oxygen atoms in total. The van der Waals surface area contributed by atoms with E-state index in [-0.39, 0.29) is 13.2 Å². The van der Waals surface area contributed by atoms with Gasteiger partial charge in [-0.05, 0) is 38.5 Å². The molecular formula is C12H22O2. The molecule has 0 radical (unpaired) electrons. The van der Waals surface area contributed by atoms with Crippen molar-refractivity contribution in [1.82, 2.24) is 0 Å². The third-order valence-electron chi connectivity index (χ3n) is 1.89. The lowest BCUT2D eigenvalue weighted by atomic mass is 10.2. The van der Waals surface area contributed by atoms with Gasteiger partial charge in [0.1, 0.15) is 0 Å². The van der Waals surface area contributed by atoms with Gasteiger partial charge in [0.15, 0.2) is 0 Å². The van der Waals surface area contributed by atoms with Crippen molar-refractivity contribution in [1.29, 1.82) is 0 Å². The Morgan fingerprint density at radius 2 is 0.929 bits per heavy atom. The second-order valence-electron chi connectivity index (χ2n) is 3.25. The van der Waals surface area contributed by atoms with Gasteiger partial charge in [0.05, 0.1) is 0 Å². The van der Waals surface area contributed by atoms with Crippen molar-refractivity contribution in [3.05, 3.63) is 24.3 Å². The van der Waals surface area contributed by atoms with E-state index in [0.29, 0.717) is 0 Å². The van der Waals surface area contributed by atoms with E-state index in [1.54, 1.807) is 0 Å². The second kappa shape index (κ2) is 12.4. The molecule has 0 atom stereocenters. The van der Waals surface area contributed by atoms with Crippen LogP contribution in [-0.4, -0.2) is 23.4 Å². The van der Waals surface area contributed by atoms with Crippen LogP contribution in [0.15, 0.2) is 24.3 Å². The zero-order valence-corrected chi connectivity index (χ0v) is 8.86. The van der Waals surface area contributed by atoms with Gasteiger partial charge in [0, 0.05) is 13.2 Å². The first kappa shape index (κ1) is 13.4. The van der Waals surface area contributed by atoms with E-state index in [1.807, 2.05) is 0 Å². The molecule has 0 rings (SSSR count). The standard InChI is InChI=1S/C12H22O2/c13-11-9-7-5-3-1-2-4-6-8-10-12-14/h3-6,13-14H,1-2,7-12H2. The summed E-state index contributed by atoms with van der Waals surface area (Å²) in [5, 5.41) is 17.0. The summed E-state index contributed by atoms with van der Waals surface area (Å²) in [5.41, 5.74) is 0. The summed E-state index contributed by atoms with van der Waals surface area (Å²) in [6.07, 6.45) is 14.4. The molecule has 0 unspecified atom stereocenters. The van der Waals surface area contributed by atoms with E-state index in [9.17, 15) is 0 Å². The Morgan fingerprint density at radius 3 is 1.29 bits per heavy atom. The molecule has 0 fully saturated rings. The van der Waals surface area contributed by atoms with Crippen molar-refractivity contribution in [2.24, 2.45) is 0 Å². The van der Waals surface area contributed by atoms with E-state index in [4.69, 9.17) is 10.2 Å². The number of aliphatic hydroxyl groups excluding tert-OH is 2. The van der Waals surface area contributed by atoms with Gasteiger partial charge in [0.25, 0.3) is 0 Å².